The van der Waals surface area contributed by atoms with Crippen LogP contribution in [0, 0.1) is 5.92 Å². The van der Waals surface area contributed by atoms with Crippen LogP contribution in [0.2, 0.25) is 0 Å². The van der Waals surface area contributed by atoms with E-state index in [1.807, 2.05) is 0 Å². The Kier molecular flexibility index (Phi) is 5.59. The van der Waals surface area contributed by atoms with Gasteiger partial charge in [-0.2, -0.15) is 0 Å². The fourth-order valence-corrected chi connectivity index (χ4v) is 2.78. The molecule has 0 bridgehead atoms. The monoisotopic (exact) mass is 278 g/mol. The largest absolute Gasteiger partial charge is 0.381 e. The van der Waals surface area contributed by atoms with Crippen molar-refractivity contribution >= 4 is 11.6 Å². The summed E-state index contributed by atoms with van der Waals surface area (Å²) in [4.78, 5) is 11.1. The predicted octanol–water partition coefficient (Wildman–Crippen LogP) is 2.33. The molecule has 5 nitrogen and oxygen atoms in total. The van der Waals surface area contributed by atoms with Crippen molar-refractivity contribution in [3.8, 4) is 0 Å². The summed E-state index contributed by atoms with van der Waals surface area (Å²) in [6.07, 6.45) is 4.90. The van der Waals surface area contributed by atoms with E-state index in [4.69, 9.17) is 4.74 Å². The Morgan fingerprint density at radius 3 is 2.70 bits per heavy atom. The van der Waals surface area contributed by atoms with Gasteiger partial charge in [0.15, 0.2) is 0 Å². The van der Waals surface area contributed by atoms with Crippen molar-refractivity contribution in [1.82, 2.24) is 9.97 Å². The standard InChI is InChI=1S/C15H26N4O/c1-4-13-14(16-5-2)17-11-18-15(13)19(3)10-12-6-8-20-9-7-12/h11-12H,4-10H2,1-3H3,(H,16,17,18). The highest BCUT2D eigenvalue weighted by Crippen LogP contribution is 2.25. The molecule has 0 aromatic carbocycles. The molecule has 1 aromatic heterocycles. The van der Waals surface area contributed by atoms with Gasteiger partial charge in [0, 0.05) is 38.9 Å². The van der Waals surface area contributed by atoms with Crippen molar-refractivity contribution in [2.75, 3.05) is 43.6 Å². The fraction of sp³-hybridized carbons (Fsp3) is 0.733. The lowest BCUT2D eigenvalue weighted by atomic mass is 9.99. The second-order valence-electron chi connectivity index (χ2n) is 5.34. The number of nitrogens with one attached hydrogen (secondary N) is 1. The van der Waals surface area contributed by atoms with E-state index in [1.54, 1.807) is 6.33 Å². The van der Waals surface area contributed by atoms with E-state index in [2.05, 4.69) is 41.1 Å². The van der Waals surface area contributed by atoms with Crippen molar-refractivity contribution in [2.24, 2.45) is 5.92 Å². The normalized spacial score (nSPS) is 16.1. The second kappa shape index (κ2) is 7.43. The van der Waals surface area contributed by atoms with E-state index in [-0.39, 0.29) is 0 Å². The number of hydrogen-bond acceptors (Lipinski definition) is 5. The third-order valence-corrected chi connectivity index (χ3v) is 3.85. The number of hydrogen-bond donors (Lipinski definition) is 1. The molecule has 112 valence electrons. The summed E-state index contributed by atoms with van der Waals surface area (Å²) >= 11 is 0. The van der Waals surface area contributed by atoms with Crippen LogP contribution in [0.4, 0.5) is 11.6 Å². The maximum Gasteiger partial charge on any atom is 0.137 e. The average molecular weight is 278 g/mol. The molecule has 1 aliphatic heterocycles. The van der Waals surface area contributed by atoms with Crippen LogP contribution in [0.15, 0.2) is 6.33 Å². The van der Waals surface area contributed by atoms with Crippen LogP contribution in [0.1, 0.15) is 32.3 Å². The van der Waals surface area contributed by atoms with Gasteiger partial charge in [-0.3, -0.25) is 0 Å². The minimum atomic E-state index is 0.705. The molecule has 0 amide bonds. The fourth-order valence-electron chi connectivity index (χ4n) is 2.78. The summed E-state index contributed by atoms with van der Waals surface area (Å²) in [5.74, 6) is 2.74. The summed E-state index contributed by atoms with van der Waals surface area (Å²) in [6, 6.07) is 0. The highest BCUT2D eigenvalue weighted by atomic mass is 16.5. The molecule has 20 heavy (non-hydrogen) atoms. The second-order valence-corrected chi connectivity index (χ2v) is 5.34. The molecule has 0 spiro atoms. The maximum absolute atomic E-state index is 5.43. The summed E-state index contributed by atoms with van der Waals surface area (Å²) in [5.41, 5.74) is 1.21. The summed E-state index contributed by atoms with van der Waals surface area (Å²) in [6.45, 7) is 7.96. The third-order valence-electron chi connectivity index (χ3n) is 3.85. The zero-order chi connectivity index (χ0) is 14.4. The van der Waals surface area contributed by atoms with Crippen LogP contribution in [0.25, 0.3) is 0 Å². The number of nitrogens with zero attached hydrogens (tertiary/aromatic N) is 3. The van der Waals surface area contributed by atoms with Crippen molar-refractivity contribution < 1.29 is 4.74 Å². The first kappa shape index (κ1) is 15.0. The first-order chi connectivity index (χ1) is 9.76. The lowest BCUT2D eigenvalue weighted by molar-refractivity contribution is 0.0685. The molecule has 1 fully saturated rings. The molecule has 1 aliphatic rings. The van der Waals surface area contributed by atoms with E-state index in [0.717, 1.165) is 57.2 Å². The Balaban J connectivity index is 2.11. The number of aromatic nitrogens is 2. The topological polar surface area (TPSA) is 50.3 Å². The smallest absolute Gasteiger partial charge is 0.137 e. The molecular formula is C15H26N4O. The Bertz CT molecular complexity index is 418. The Morgan fingerprint density at radius 1 is 1.30 bits per heavy atom. The SMILES string of the molecule is CCNc1ncnc(N(C)CC2CCOCC2)c1CC. The zero-order valence-corrected chi connectivity index (χ0v) is 12.9. The van der Waals surface area contributed by atoms with Crippen molar-refractivity contribution in [3.05, 3.63) is 11.9 Å². The summed E-state index contributed by atoms with van der Waals surface area (Å²) in [5, 5.41) is 3.33. The van der Waals surface area contributed by atoms with Crippen LogP contribution < -0.4 is 10.2 Å². The average Bonchev–Trinajstić information content (AvgIpc) is 2.48. The molecule has 0 atom stereocenters. The molecular weight excluding hydrogens is 252 g/mol. The molecule has 2 rings (SSSR count). The van der Waals surface area contributed by atoms with Gasteiger partial charge in [-0.1, -0.05) is 6.92 Å². The summed E-state index contributed by atoms with van der Waals surface area (Å²) < 4.78 is 5.43. The lowest BCUT2D eigenvalue weighted by Gasteiger charge is -2.29. The van der Waals surface area contributed by atoms with Crippen molar-refractivity contribution in [2.45, 2.75) is 33.1 Å². The Morgan fingerprint density at radius 2 is 2.05 bits per heavy atom. The van der Waals surface area contributed by atoms with E-state index < -0.39 is 0 Å². The number of rotatable bonds is 6. The molecule has 0 unspecified atom stereocenters. The van der Waals surface area contributed by atoms with E-state index in [1.165, 1.54) is 5.56 Å². The van der Waals surface area contributed by atoms with Crippen LogP contribution in [0.3, 0.4) is 0 Å². The van der Waals surface area contributed by atoms with Gasteiger partial charge in [0.05, 0.1) is 0 Å². The van der Waals surface area contributed by atoms with Crippen LogP contribution in [-0.2, 0) is 11.2 Å². The Hall–Kier alpha value is -1.36. The van der Waals surface area contributed by atoms with Gasteiger partial charge in [0.2, 0.25) is 0 Å². The van der Waals surface area contributed by atoms with Crippen LogP contribution in [-0.4, -0.2) is 43.3 Å². The predicted molar refractivity (Wildman–Crippen MR) is 82.4 cm³/mol. The van der Waals surface area contributed by atoms with Gasteiger partial charge < -0.3 is 15.0 Å². The molecule has 0 radical (unpaired) electrons. The van der Waals surface area contributed by atoms with Gasteiger partial charge in [-0.05, 0) is 32.1 Å². The molecule has 0 saturated carbocycles. The lowest BCUT2D eigenvalue weighted by Crippen LogP contribution is -2.31. The molecule has 2 heterocycles. The highest BCUT2D eigenvalue weighted by molar-refractivity contribution is 5.58. The minimum Gasteiger partial charge on any atom is -0.381 e. The first-order valence-corrected chi connectivity index (χ1v) is 7.62. The van der Waals surface area contributed by atoms with Gasteiger partial charge in [0.1, 0.15) is 18.0 Å². The third kappa shape index (κ3) is 3.60. The molecule has 5 heteroatoms. The van der Waals surface area contributed by atoms with Gasteiger partial charge in [-0.25, -0.2) is 9.97 Å². The summed E-state index contributed by atoms with van der Waals surface area (Å²) in [7, 11) is 2.13. The number of ether oxygens (including phenoxy) is 1. The first-order valence-electron chi connectivity index (χ1n) is 7.62. The Labute approximate surface area is 121 Å². The van der Waals surface area contributed by atoms with E-state index in [0.29, 0.717) is 5.92 Å². The number of anilines is 2. The molecule has 1 N–H and O–H groups in total. The highest BCUT2D eigenvalue weighted by Gasteiger charge is 2.19. The quantitative estimate of drug-likeness (QED) is 0.865. The van der Waals surface area contributed by atoms with E-state index >= 15 is 0 Å². The van der Waals surface area contributed by atoms with Gasteiger partial charge in [0.25, 0.3) is 0 Å². The molecule has 1 saturated heterocycles. The molecule has 0 aliphatic carbocycles. The zero-order valence-electron chi connectivity index (χ0n) is 12.9. The van der Waals surface area contributed by atoms with Gasteiger partial charge in [-0.15, -0.1) is 0 Å². The van der Waals surface area contributed by atoms with Crippen molar-refractivity contribution in [3.63, 3.8) is 0 Å². The van der Waals surface area contributed by atoms with Crippen LogP contribution >= 0.6 is 0 Å². The van der Waals surface area contributed by atoms with Crippen LogP contribution in [0.5, 0.6) is 0 Å². The van der Waals surface area contributed by atoms with E-state index in [9.17, 15) is 0 Å². The van der Waals surface area contributed by atoms with Gasteiger partial charge >= 0.3 is 0 Å². The van der Waals surface area contributed by atoms with Crippen molar-refractivity contribution in [1.29, 1.82) is 0 Å². The maximum atomic E-state index is 5.43. The minimum absolute atomic E-state index is 0.705. The molecule has 1 aromatic rings.